The highest BCUT2D eigenvalue weighted by atomic mass is 16.5. The zero-order valence-corrected chi connectivity index (χ0v) is 15.8. The average molecular weight is 367 g/mol. The highest BCUT2D eigenvalue weighted by Gasteiger charge is 2.32. The summed E-state index contributed by atoms with van der Waals surface area (Å²) in [5.74, 6) is 0.579. The molecule has 2 aliphatic heterocycles. The molecule has 1 aromatic heterocycles. The van der Waals surface area contributed by atoms with Gasteiger partial charge < -0.3 is 14.8 Å². The number of ether oxygens (including phenoxy) is 2. The Balaban J connectivity index is 1.52. The number of morpholine rings is 1. The van der Waals surface area contributed by atoms with Gasteiger partial charge in [0.1, 0.15) is 0 Å². The summed E-state index contributed by atoms with van der Waals surface area (Å²) in [5, 5.41) is 3.83. The molecule has 2 fully saturated rings. The van der Waals surface area contributed by atoms with Crippen LogP contribution < -0.4 is 5.32 Å². The fourth-order valence-electron chi connectivity index (χ4n) is 4.18. The Labute approximate surface area is 161 Å². The third-order valence-electron chi connectivity index (χ3n) is 5.67. The number of aromatic nitrogens is 1. The van der Waals surface area contributed by atoms with Gasteiger partial charge >= 0.3 is 0 Å². The summed E-state index contributed by atoms with van der Waals surface area (Å²) < 4.78 is 11.3. The zero-order chi connectivity index (χ0) is 18.3. The lowest BCUT2D eigenvalue weighted by atomic mass is 9.95. The minimum absolute atomic E-state index is 0.0956. The fourth-order valence-corrected chi connectivity index (χ4v) is 4.18. The predicted molar refractivity (Wildman–Crippen MR) is 106 cm³/mol. The number of nitrogens with zero attached hydrogens (tertiary/aromatic N) is 2. The van der Waals surface area contributed by atoms with E-state index in [9.17, 15) is 0 Å². The van der Waals surface area contributed by atoms with Crippen molar-refractivity contribution in [2.45, 2.75) is 18.5 Å². The van der Waals surface area contributed by atoms with E-state index in [1.165, 1.54) is 5.56 Å². The molecule has 0 saturated carbocycles. The van der Waals surface area contributed by atoms with Gasteiger partial charge in [-0.2, -0.15) is 0 Å². The zero-order valence-electron chi connectivity index (χ0n) is 15.8. The Morgan fingerprint density at radius 1 is 1.00 bits per heavy atom. The molecule has 2 saturated heterocycles. The number of hydrogen-bond donors (Lipinski definition) is 1. The number of pyridine rings is 1. The summed E-state index contributed by atoms with van der Waals surface area (Å²) in [4.78, 5) is 7.20. The SMILES string of the molecule is c1ccc([C@H](NC[C@@H]([C@@H]2CCOC2)N2CCOCC2)c2ccccn2)cc1. The molecule has 2 aromatic rings. The second-order valence-corrected chi connectivity index (χ2v) is 7.35. The first-order valence-electron chi connectivity index (χ1n) is 10.0. The van der Waals surface area contributed by atoms with Crippen LogP contribution in [-0.4, -0.2) is 62.0 Å². The number of hydrogen-bond acceptors (Lipinski definition) is 5. The first kappa shape index (κ1) is 18.6. The Morgan fingerprint density at radius 3 is 2.52 bits per heavy atom. The number of nitrogens with one attached hydrogen (secondary N) is 1. The lowest BCUT2D eigenvalue weighted by molar-refractivity contribution is 0.00102. The Morgan fingerprint density at radius 2 is 1.81 bits per heavy atom. The second-order valence-electron chi connectivity index (χ2n) is 7.35. The smallest absolute Gasteiger partial charge is 0.0751 e. The average Bonchev–Trinajstić information content (AvgIpc) is 3.28. The molecule has 3 atom stereocenters. The topological polar surface area (TPSA) is 46.6 Å². The van der Waals surface area contributed by atoms with Crippen LogP contribution in [-0.2, 0) is 9.47 Å². The Bertz CT molecular complexity index is 631. The summed E-state index contributed by atoms with van der Waals surface area (Å²) in [5.41, 5.74) is 2.31. The van der Waals surface area contributed by atoms with Gasteiger partial charge in [0.05, 0.1) is 31.6 Å². The van der Waals surface area contributed by atoms with Crippen LogP contribution in [0.4, 0.5) is 0 Å². The molecule has 0 aliphatic carbocycles. The third kappa shape index (κ3) is 4.74. The van der Waals surface area contributed by atoms with Crippen molar-refractivity contribution in [3.05, 3.63) is 66.0 Å². The van der Waals surface area contributed by atoms with Crippen molar-refractivity contribution in [1.82, 2.24) is 15.2 Å². The molecule has 4 rings (SSSR count). The maximum absolute atomic E-state index is 5.71. The molecule has 0 unspecified atom stereocenters. The van der Waals surface area contributed by atoms with Crippen molar-refractivity contribution in [3.8, 4) is 0 Å². The summed E-state index contributed by atoms with van der Waals surface area (Å²) >= 11 is 0. The van der Waals surface area contributed by atoms with E-state index in [2.05, 4.69) is 57.7 Å². The largest absolute Gasteiger partial charge is 0.381 e. The van der Waals surface area contributed by atoms with Crippen LogP contribution in [0.15, 0.2) is 54.7 Å². The van der Waals surface area contributed by atoms with Gasteiger partial charge in [0.15, 0.2) is 0 Å². The number of benzene rings is 1. The Kier molecular flexibility index (Phi) is 6.48. The number of rotatable bonds is 7. The summed E-state index contributed by atoms with van der Waals surface area (Å²) in [7, 11) is 0. The van der Waals surface area contributed by atoms with Gasteiger partial charge in [-0.25, -0.2) is 0 Å². The first-order valence-corrected chi connectivity index (χ1v) is 10.0. The summed E-state index contributed by atoms with van der Waals surface area (Å²) in [6.07, 6.45) is 3.01. The van der Waals surface area contributed by atoms with Gasteiger partial charge in [-0.1, -0.05) is 36.4 Å². The van der Waals surface area contributed by atoms with E-state index < -0.39 is 0 Å². The molecule has 0 spiro atoms. The van der Waals surface area contributed by atoms with E-state index >= 15 is 0 Å². The molecule has 5 heteroatoms. The van der Waals surface area contributed by atoms with Gasteiger partial charge in [-0.05, 0) is 24.1 Å². The van der Waals surface area contributed by atoms with Gasteiger partial charge in [0.2, 0.25) is 0 Å². The summed E-state index contributed by atoms with van der Waals surface area (Å²) in [6.45, 7) is 6.32. The van der Waals surface area contributed by atoms with E-state index in [0.29, 0.717) is 12.0 Å². The van der Waals surface area contributed by atoms with Gasteiger partial charge in [0.25, 0.3) is 0 Å². The van der Waals surface area contributed by atoms with E-state index in [1.54, 1.807) is 0 Å². The maximum atomic E-state index is 5.71. The van der Waals surface area contributed by atoms with Crippen molar-refractivity contribution in [1.29, 1.82) is 0 Å². The molecule has 1 N–H and O–H groups in total. The van der Waals surface area contributed by atoms with Gasteiger partial charge in [-0.3, -0.25) is 9.88 Å². The van der Waals surface area contributed by atoms with Crippen molar-refractivity contribution in [3.63, 3.8) is 0 Å². The molecule has 2 aliphatic rings. The molecule has 1 aromatic carbocycles. The highest BCUT2D eigenvalue weighted by Crippen LogP contribution is 2.24. The van der Waals surface area contributed by atoms with Crippen molar-refractivity contribution in [2.75, 3.05) is 46.1 Å². The summed E-state index contributed by atoms with van der Waals surface area (Å²) in [6, 6.07) is 17.3. The first-order chi connectivity index (χ1) is 13.4. The molecule has 27 heavy (non-hydrogen) atoms. The molecule has 0 amide bonds. The Hall–Kier alpha value is -1.79. The van der Waals surface area contributed by atoms with Crippen molar-refractivity contribution < 1.29 is 9.47 Å². The molecule has 0 radical (unpaired) electrons. The molecule has 3 heterocycles. The second kappa shape index (κ2) is 9.42. The minimum Gasteiger partial charge on any atom is -0.381 e. The van der Waals surface area contributed by atoms with Gasteiger partial charge in [0, 0.05) is 44.4 Å². The third-order valence-corrected chi connectivity index (χ3v) is 5.67. The van der Waals surface area contributed by atoms with Crippen LogP contribution >= 0.6 is 0 Å². The lowest BCUT2D eigenvalue weighted by Crippen LogP contribution is -2.52. The minimum atomic E-state index is 0.0956. The monoisotopic (exact) mass is 367 g/mol. The standard InChI is InChI=1S/C22H29N3O2/c1-2-6-18(7-3-1)22(20-8-4-5-10-23-20)24-16-21(19-9-13-27-17-19)25-11-14-26-15-12-25/h1-8,10,19,21-22,24H,9,11-17H2/t19-,21+,22+/m1/s1. The van der Waals surface area contributed by atoms with Crippen molar-refractivity contribution >= 4 is 0 Å². The lowest BCUT2D eigenvalue weighted by Gasteiger charge is -2.38. The van der Waals surface area contributed by atoms with Crippen LogP contribution in [0.25, 0.3) is 0 Å². The van der Waals surface area contributed by atoms with Gasteiger partial charge in [-0.15, -0.1) is 0 Å². The predicted octanol–water partition coefficient (Wildman–Crippen LogP) is 2.50. The van der Waals surface area contributed by atoms with E-state index in [1.807, 2.05) is 12.3 Å². The molecule has 0 bridgehead atoms. The van der Waals surface area contributed by atoms with Crippen LogP contribution in [0.2, 0.25) is 0 Å². The van der Waals surface area contributed by atoms with Crippen LogP contribution in [0.5, 0.6) is 0 Å². The quantitative estimate of drug-likeness (QED) is 0.815. The van der Waals surface area contributed by atoms with E-state index in [4.69, 9.17) is 9.47 Å². The van der Waals surface area contributed by atoms with Crippen LogP contribution in [0.3, 0.4) is 0 Å². The molecular formula is C22H29N3O2. The van der Waals surface area contributed by atoms with E-state index in [-0.39, 0.29) is 6.04 Å². The fraction of sp³-hybridized carbons (Fsp3) is 0.500. The van der Waals surface area contributed by atoms with E-state index in [0.717, 1.165) is 58.2 Å². The highest BCUT2D eigenvalue weighted by molar-refractivity contribution is 5.27. The van der Waals surface area contributed by atoms with Crippen LogP contribution in [0.1, 0.15) is 23.7 Å². The molecular weight excluding hydrogens is 338 g/mol. The van der Waals surface area contributed by atoms with Crippen molar-refractivity contribution in [2.24, 2.45) is 5.92 Å². The molecule has 5 nitrogen and oxygen atoms in total. The van der Waals surface area contributed by atoms with Crippen LogP contribution in [0, 0.1) is 5.92 Å². The molecule has 144 valence electrons. The maximum Gasteiger partial charge on any atom is 0.0751 e. The normalized spacial score (nSPS) is 23.2.